The Morgan fingerprint density at radius 1 is 1.30 bits per heavy atom. The molecule has 0 aliphatic heterocycles. The molecule has 1 rings (SSSR count). The molecule has 0 atom stereocenters. The van der Waals surface area contributed by atoms with E-state index < -0.39 is 0 Å². The van der Waals surface area contributed by atoms with Crippen molar-refractivity contribution in [3.63, 3.8) is 0 Å². The molecule has 0 amide bonds. The molecule has 0 N–H and O–H groups in total. The van der Waals surface area contributed by atoms with Gasteiger partial charge >= 0.3 is 26.2 Å². The van der Waals surface area contributed by atoms with Gasteiger partial charge in [-0.05, 0) is 0 Å². The van der Waals surface area contributed by atoms with Crippen LogP contribution in [-0.2, 0) is 30.9 Å². The van der Waals surface area contributed by atoms with E-state index in [4.69, 9.17) is 0 Å². The number of hydrogen-bond acceptors (Lipinski definition) is 1. The predicted octanol–water partition coefficient (Wildman–Crippen LogP) is 1.98. The minimum absolute atomic E-state index is 0. The van der Waals surface area contributed by atoms with Gasteiger partial charge in [0.05, 0.1) is 0 Å². The molecule has 1 nitrogen and oxygen atoms in total. The van der Waals surface area contributed by atoms with E-state index in [0.29, 0.717) is 12.5 Å². The maximum atomic E-state index is 4.67. The SMILES string of the molecule is [CH2-]OCC1C=CC=C1.[CH3-].[Zr+2]. The van der Waals surface area contributed by atoms with Gasteiger partial charge in [-0.2, -0.15) is 0 Å². The minimum atomic E-state index is 0. The van der Waals surface area contributed by atoms with Crippen molar-refractivity contribution in [2.45, 2.75) is 0 Å². The molecule has 0 aromatic heterocycles. The number of ether oxygens (including phenoxy) is 1. The van der Waals surface area contributed by atoms with Crippen molar-refractivity contribution in [3.05, 3.63) is 38.8 Å². The van der Waals surface area contributed by atoms with Crippen molar-refractivity contribution in [1.82, 2.24) is 0 Å². The molecule has 54 valence electrons. The number of rotatable bonds is 2. The zero-order valence-corrected chi connectivity index (χ0v) is 8.67. The van der Waals surface area contributed by atoms with E-state index in [-0.39, 0.29) is 33.6 Å². The molecule has 0 aromatic rings. The predicted molar refractivity (Wildman–Crippen MR) is 39.5 cm³/mol. The summed E-state index contributed by atoms with van der Waals surface area (Å²) in [5.41, 5.74) is 0. The van der Waals surface area contributed by atoms with Crippen molar-refractivity contribution >= 4 is 0 Å². The molecule has 1 aliphatic rings. The van der Waals surface area contributed by atoms with Gasteiger partial charge in [0.15, 0.2) is 0 Å². The summed E-state index contributed by atoms with van der Waals surface area (Å²) >= 11 is 0. The van der Waals surface area contributed by atoms with Crippen molar-refractivity contribution < 1.29 is 30.9 Å². The van der Waals surface area contributed by atoms with Crippen LogP contribution in [0.4, 0.5) is 0 Å². The molecule has 2 heteroatoms. The molecule has 0 radical (unpaired) electrons. The van der Waals surface area contributed by atoms with Crippen LogP contribution < -0.4 is 0 Å². The zero-order chi connectivity index (χ0) is 5.82. The van der Waals surface area contributed by atoms with Crippen LogP contribution in [0.1, 0.15) is 0 Å². The Morgan fingerprint density at radius 3 is 2.20 bits per heavy atom. The Balaban J connectivity index is 0. The minimum Gasteiger partial charge on any atom is -0.554 e. The summed E-state index contributed by atoms with van der Waals surface area (Å²) in [6.07, 6.45) is 8.21. The van der Waals surface area contributed by atoms with Crippen LogP contribution in [0.3, 0.4) is 0 Å². The van der Waals surface area contributed by atoms with E-state index in [1.165, 1.54) is 0 Å². The molecule has 0 heterocycles. The topological polar surface area (TPSA) is 9.23 Å². The summed E-state index contributed by atoms with van der Waals surface area (Å²) < 4.78 is 4.67. The van der Waals surface area contributed by atoms with E-state index >= 15 is 0 Å². The van der Waals surface area contributed by atoms with Crippen molar-refractivity contribution in [1.29, 1.82) is 0 Å². The zero-order valence-electron chi connectivity index (χ0n) is 6.21. The molecule has 0 unspecified atom stereocenters. The van der Waals surface area contributed by atoms with Crippen LogP contribution in [0.5, 0.6) is 0 Å². The summed E-state index contributed by atoms with van der Waals surface area (Å²) in [7, 11) is 3.28. The molecule has 0 fully saturated rings. The van der Waals surface area contributed by atoms with Crippen LogP contribution in [-0.4, -0.2) is 6.61 Å². The Bertz CT molecular complexity index is 106. The third-order valence-electron chi connectivity index (χ3n) is 1.14. The van der Waals surface area contributed by atoms with Gasteiger partial charge in [-0.3, -0.25) is 0 Å². The van der Waals surface area contributed by atoms with Gasteiger partial charge in [-0.15, -0.1) is 0 Å². The second kappa shape index (κ2) is 7.43. The Hall–Kier alpha value is 0.323. The van der Waals surface area contributed by atoms with Crippen molar-refractivity contribution in [2.24, 2.45) is 5.92 Å². The monoisotopic (exact) mass is 214 g/mol. The Morgan fingerprint density at radius 2 is 1.80 bits per heavy atom. The fourth-order valence-electron chi connectivity index (χ4n) is 0.725. The van der Waals surface area contributed by atoms with E-state index in [0.717, 1.165) is 0 Å². The second-order valence-corrected chi connectivity index (χ2v) is 1.80. The summed E-state index contributed by atoms with van der Waals surface area (Å²) in [5, 5.41) is 0. The average molecular weight is 215 g/mol. The molecule has 0 aromatic carbocycles. The first-order valence-corrected chi connectivity index (χ1v) is 2.65. The van der Waals surface area contributed by atoms with Crippen LogP contribution in [0.15, 0.2) is 24.3 Å². The van der Waals surface area contributed by atoms with Crippen LogP contribution in [0.25, 0.3) is 0 Å². The second-order valence-electron chi connectivity index (χ2n) is 1.80. The van der Waals surface area contributed by atoms with E-state index in [1.807, 2.05) is 12.2 Å². The maximum Gasteiger partial charge on any atom is 2.00 e. The quantitative estimate of drug-likeness (QED) is 0.640. The van der Waals surface area contributed by atoms with Gasteiger partial charge in [0.1, 0.15) is 0 Å². The summed E-state index contributed by atoms with van der Waals surface area (Å²) in [6, 6.07) is 0. The molecular weight excluding hydrogens is 203 g/mol. The number of allylic oxidation sites excluding steroid dienone is 2. The molecule has 0 spiro atoms. The molecular formula is C8H12OZr. The summed E-state index contributed by atoms with van der Waals surface area (Å²) in [4.78, 5) is 0. The van der Waals surface area contributed by atoms with Gasteiger partial charge < -0.3 is 12.2 Å². The normalized spacial score (nSPS) is 14.5. The first kappa shape index (κ1) is 13.0. The fraction of sp³-hybridized carbons (Fsp3) is 0.250. The summed E-state index contributed by atoms with van der Waals surface area (Å²) in [6.45, 7) is 0.701. The molecule has 1 aliphatic carbocycles. The van der Waals surface area contributed by atoms with Crippen LogP contribution >= 0.6 is 0 Å². The largest absolute Gasteiger partial charge is 2.00 e. The fourth-order valence-corrected chi connectivity index (χ4v) is 0.725. The molecule has 0 bridgehead atoms. The Labute approximate surface area is 82.3 Å². The summed E-state index contributed by atoms with van der Waals surface area (Å²) in [5.74, 6) is 0.465. The first-order valence-electron chi connectivity index (χ1n) is 2.65. The van der Waals surface area contributed by atoms with E-state index in [1.54, 1.807) is 0 Å². The standard InChI is InChI=1S/C7H9O.CH3.Zr/c1-8-6-7-4-2-3-5-7;;/h2-5,7H,1,6H2;1H3;/q2*-1;+2. The third kappa shape index (κ3) is 4.19. The van der Waals surface area contributed by atoms with E-state index in [9.17, 15) is 0 Å². The molecule has 10 heavy (non-hydrogen) atoms. The first-order chi connectivity index (χ1) is 3.93. The number of hydrogen-bond donors (Lipinski definition) is 0. The van der Waals surface area contributed by atoms with Gasteiger partial charge in [0.2, 0.25) is 0 Å². The maximum absolute atomic E-state index is 4.67. The van der Waals surface area contributed by atoms with Gasteiger partial charge in [-0.25, -0.2) is 7.11 Å². The molecule has 0 saturated heterocycles. The average Bonchev–Trinajstić information content (AvgIpc) is 2.19. The van der Waals surface area contributed by atoms with E-state index in [2.05, 4.69) is 24.0 Å². The van der Waals surface area contributed by atoms with Crippen LogP contribution in [0.2, 0.25) is 0 Å². The van der Waals surface area contributed by atoms with Crippen molar-refractivity contribution in [2.75, 3.05) is 6.61 Å². The Kier molecular flexibility index (Phi) is 9.62. The van der Waals surface area contributed by atoms with Gasteiger partial charge in [0.25, 0.3) is 0 Å². The van der Waals surface area contributed by atoms with Crippen LogP contribution in [0, 0.1) is 20.5 Å². The van der Waals surface area contributed by atoms with Gasteiger partial charge in [-0.1, -0.05) is 24.3 Å². The molecule has 0 saturated carbocycles. The van der Waals surface area contributed by atoms with Crippen molar-refractivity contribution in [3.8, 4) is 0 Å². The third-order valence-corrected chi connectivity index (χ3v) is 1.14. The van der Waals surface area contributed by atoms with Gasteiger partial charge in [0, 0.05) is 12.5 Å². The smallest absolute Gasteiger partial charge is 0.554 e.